The van der Waals surface area contributed by atoms with Gasteiger partial charge < -0.3 is 30.7 Å². The van der Waals surface area contributed by atoms with Crippen LogP contribution in [0.2, 0.25) is 0 Å². The standard InChI is InChI=1S/C36H46N4O5/c1-25(23-40-18-17-37-36(40)44)19-33(42)38-30(20-28-13-6-4-7-14-28)22-32(41)31(21-29-15-8-5-9-16-29)39-34(43)24-45-35-26(2)11-10-12-27(35)3/h4-16,25,30-32,41H,17-24H2,1-3H3,(H,37,44)(H,38,42)(H,39,43)/t25?,30-,31-,32-/m0/s1. The number of nitrogens with one attached hydrogen (secondary N) is 3. The Hall–Kier alpha value is -4.37. The fourth-order valence-electron chi connectivity index (χ4n) is 5.84. The predicted molar refractivity (Wildman–Crippen MR) is 175 cm³/mol. The zero-order valence-electron chi connectivity index (χ0n) is 26.5. The number of amides is 4. The lowest BCUT2D eigenvalue weighted by Crippen LogP contribution is -2.49. The summed E-state index contributed by atoms with van der Waals surface area (Å²) in [7, 11) is 0. The molecule has 4 rings (SSSR count). The number of benzene rings is 3. The first kappa shape index (κ1) is 33.5. The molecule has 1 fully saturated rings. The minimum Gasteiger partial charge on any atom is -0.483 e. The summed E-state index contributed by atoms with van der Waals surface area (Å²) in [5, 5.41) is 20.5. The lowest BCUT2D eigenvalue weighted by atomic mass is 9.93. The summed E-state index contributed by atoms with van der Waals surface area (Å²) in [5.74, 6) is 0.179. The highest BCUT2D eigenvalue weighted by atomic mass is 16.5. The van der Waals surface area contributed by atoms with Crippen LogP contribution in [0.25, 0.3) is 0 Å². The molecule has 3 aromatic rings. The van der Waals surface area contributed by atoms with Gasteiger partial charge in [-0.25, -0.2) is 4.79 Å². The van der Waals surface area contributed by atoms with Gasteiger partial charge in [0.25, 0.3) is 5.91 Å². The molecule has 1 saturated heterocycles. The first-order valence-electron chi connectivity index (χ1n) is 15.7. The highest BCUT2D eigenvalue weighted by Crippen LogP contribution is 2.22. The molecule has 1 unspecified atom stereocenters. The molecular weight excluding hydrogens is 568 g/mol. The van der Waals surface area contributed by atoms with Crippen LogP contribution in [-0.2, 0) is 22.4 Å². The third-order valence-corrected chi connectivity index (χ3v) is 8.09. The number of hydrogen-bond donors (Lipinski definition) is 4. The number of carbonyl (C=O) groups is 3. The van der Waals surface area contributed by atoms with E-state index in [0.29, 0.717) is 38.2 Å². The van der Waals surface area contributed by atoms with Gasteiger partial charge in [-0.2, -0.15) is 0 Å². The Labute approximate surface area is 266 Å². The second-order valence-electron chi connectivity index (χ2n) is 12.1. The van der Waals surface area contributed by atoms with Crippen LogP contribution in [0, 0.1) is 19.8 Å². The average Bonchev–Trinajstić information content (AvgIpc) is 3.41. The lowest BCUT2D eigenvalue weighted by Gasteiger charge is -2.29. The van der Waals surface area contributed by atoms with Crippen molar-refractivity contribution in [3.8, 4) is 5.75 Å². The molecule has 0 spiro atoms. The number of para-hydroxylation sites is 1. The molecule has 0 saturated carbocycles. The van der Waals surface area contributed by atoms with Gasteiger partial charge in [-0.15, -0.1) is 0 Å². The third kappa shape index (κ3) is 10.6. The highest BCUT2D eigenvalue weighted by Gasteiger charge is 2.28. The molecule has 4 amide bonds. The number of nitrogens with zero attached hydrogens (tertiary/aromatic N) is 1. The van der Waals surface area contributed by atoms with Crippen LogP contribution in [0.3, 0.4) is 0 Å². The van der Waals surface area contributed by atoms with E-state index in [1.807, 2.05) is 99.6 Å². The number of ether oxygens (including phenoxy) is 1. The number of carbonyl (C=O) groups excluding carboxylic acids is 3. The molecule has 240 valence electrons. The maximum Gasteiger partial charge on any atom is 0.317 e. The van der Waals surface area contributed by atoms with Crippen LogP contribution in [0.5, 0.6) is 5.75 Å². The summed E-state index contributed by atoms with van der Waals surface area (Å²) in [6.07, 6.45) is 0.477. The Morgan fingerprint density at radius 2 is 1.51 bits per heavy atom. The third-order valence-electron chi connectivity index (χ3n) is 8.09. The van der Waals surface area contributed by atoms with Crippen molar-refractivity contribution in [2.24, 2.45) is 5.92 Å². The molecule has 0 aliphatic carbocycles. The summed E-state index contributed by atoms with van der Waals surface area (Å²) in [6.45, 7) is 7.41. The Morgan fingerprint density at radius 1 is 0.889 bits per heavy atom. The van der Waals surface area contributed by atoms with E-state index in [0.717, 1.165) is 22.3 Å². The van der Waals surface area contributed by atoms with E-state index < -0.39 is 12.1 Å². The fourth-order valence-corrected chi connectivity index (χ4v) is 5.84. The van der Waals surface area contributed by atoms with Gasteiger partial charge in [0.15, 0.2) is 6.61 Å². The molecule has 0 aromatic heterocycles. The summed E-state index contributed by atoms with van der Waals surface area (Å²) < 4.78 is 5.88. The number of urea groups is 1. The van der Waals surface area contributed by atoms with Crippen LogP contribution in [0.4, 0.5) is 4.79 Å². The summed E-state index contributed by atoms with van der Waals surface area (Å²) >= 11 is 0. The van der Waals surface area contributed by atoms with Gasteiger partial charge in [-0.3, -0.25) is 9.59 Å². The first-order chi connectivity index (χ1) is 21.7. The predicted octanol–water partition coefficient (Wildman–Crippen LogP) is 3.94. The lowest BCUT2D eigenvalue weighted by molar-refractivity contribution is -0.125. The number of hydrogen-bond acceptors (Lipinski definition) is 5. The fraction of sp³-hybridized carbons (Fsp3) is 0.417. The van der Waals surface area contributed by atoms with Crippen molar-refractivity contribution in [1.82, 2.24) is 20.9 Å². The molecule has 9 heteroatoms. The van der Waals surface area contributed by atoms with E-state index in [9.17, 15) is 19.5 Å². The maximum absolute atomic E-state index is 13.2. The van der Waals surface area contributed by atoms with Gasteiger partial charge in [0.05, 0.1) is 12.1 Å². The van der Waals surface area contributed by atoms with Gasteiger partial charge in [0, 0.05) is 32.1 Å². The van der Waals surface area contributed by atoms with Gasteiger partial charge >= 0.3 is 6.03 Å². The molecule has 9 nitrogen and oxygen atoms in total. The number of aliphatic hydroxyl groups is 1. The quantitative estimate of drug-likeness (QED) is 0.195. The summed E-state index contributed by atoms with van der Waals surface area (Å²) in [6, 6.07) is 24.3. The molecule has 4 atom stereocenters. The largest absolute Gasteiger partial charge is 0.483 e. The molecule has 0 radical (unpaired) electrons. The van der Waals surface area contributed by atoms with Crippen LogP contribution in [-0.4, -0.2) is 72.3 Å². The smallest absolute Gasteiger partial charge is 0.317 e. The first-order valence-corrected chi connectivity index (χ1v) is 15.7. The van der Waals surface area contributed by atoms with Gasteiger partial charge in [0.2, 0.25) is 5.91 Å². The van der Waals surface area contributed by atoms with Crippen LogP contribution in [0.15, 0.2) is 78.9 Å². The van der Waals surface area contributed by atoms with E-state index in [-0.39, 0.29) is 49.3 Å². The van der Waals surface area contributed by atoms with Crippen LogP contribution >= 0.6 is 0 Å². The van der Waals surface area contributed by atoms with Gasteiger partial charge in [0.1, 0.15) is 5.75 Å². The Balaban J connectivity index is 1.43. The van der Waals surface area contributed by atoms with E-state index in [1.165, 1.54) is 0 Å². The zero-order valence-corrected chi connectivity index (χ0v) is 26.5. The van der Waals surface area contributed by atoms with Crippen molar-refractivity contribution in [3.63, 3.8) is 0 Å². The Bertz CT molecular complexity index is 1380. The van der Waals surface area contributed by atoms with Crippen molar-refractivity contribution in [2.45, 2.75) is 64.6 Å². The molecule has 45 heavy (non-hydrogen) atoms. The number of aliphatic hydroxyl groups excluding tert-OH is 1. The van der Waals surface area contributed by atoms with E-state index in [2.05, 4.69) is 16.0 Å². The molecule has 1 heterocycles. The minimum absolute atomic E-state index is 0.0295. The highest BCUT2D eigenvalue weighted by molar-refractivity contribution is 5.78. The summed E-state index contributed by atoms with van der Waals surface area (Å²) in [4.78, 5) is 40.0. The molecule has 1 aliphatic rings. The Morgan fingerprint density at radius 3 is 2.11 bits per heavy atom. The van der Waals surface area contributed by atoms with Gasteiger partial charge in [-0.05, 0) is 61.3 Å². The second-order valence-corrected chi connectivity index (χ2v) is 12.1. The Kier molecular flexibility index (Phi) is 12.4. The normalized spacial score (nSPS) is 15.5. The van der Waals surface area contributed by atoms with Gasteiger partial charge in [-0.1, -0.05) is 85.8 Å². The molecule has 0 bridgehead atoms. The molecule has 4 N–H and O–H groups in total. The molecule has 3 aromatic carbocycles. The number of rotatable bonds is 16. The minimum atomic E-state index is -0.950. The molecular formula is C36H46N4O5. The molecule has 1 aliphatic heterocycles. The van der Waals surface area contributed by atoms with Crippen molar-refractivity contribution < 1.29 is 24.2 Å². The van der Waals surface area contributed by atoms with Crippen LogP contribution < -0.4 is 20.7 Å². The van der Waals surface area contributed by atoms with E-state index in [4.69, 9.17) is 4.74 Å². The van der Waals surface area contributed by atoms with E-state index in [1.54, 1.807) is 4.90 Å². The van der Waals surface area contributed by atoms with E-state index >= 15 is 0 Å². The van der Waals surface area contributed by atoms with Crippen molar-refractivity contribution in [3.05, 3.63) is 101 Å². The SMILES string of the molecule is Cc1cccc(C)c1OCC(=O)N[C@@H](Cc1ccccc1)[C@@H](O)C[C@H](Cc1ccccc1)NC(=O)CC(C)CN1CCNC1=O. The van der Waals surface area contributed by atoms with Crippen molar-refractivity contribution >= 4 is 17.8 Å². The average molecular weight is 615 g/mol. The van der Waals surface area contributed by atoms with Crippen molar-refractivity contribution in [1.29, 1.82) is 0 Å². The number of aryl methyl sites for hydroxylation is 2. The summed E-state index contributed by atoms with van der Waals surface area (Å²) in [5.41, 5.74) is 3.89. The maximum atomic E-state index is 13.2. The monoisotopic (exact) mass is 614 g/mol. The van der Waals surface area contributed by atoms with Crippen molar-refractivity contribution in [2.75, 3.05) is 26.2 Å². The van der Waals surface area contributed by atoms with Crippen LogP contribution in [0.1, 0.15) is 42.0 Å². The topological polar surface area (TPSA) is 120 Å². The zero-order chi connectivity index (χ0) is 32.2. The second kappa shape index (κ2) is 16.6.